The van der Waals surface area contributed by atoms with Crippen molar-refractivity contribution in [2.45, 2.75) is 0 Å². The lowest BCUT2D eigenvalue weighted by Crippen LogP contribution is -2.10. The summed E-state index contributed by atoms with van der Waals surface area (Å²) in [5.74, 6) is 0. The number of hydrogen-bond donors (Lipinski definition) is 0. The minimum absolute atomic E-state index is 1.12. The Bertz CT molecular complexity index is 1920. The van der Waals surface area contributed by atoms with Crippen LogP contribution in [0.2, 0.25) is 0 Å². The molecule has 41 heavy (non-hydrogen) atoms. The third-order valence-electron chi connectivity index (χ3n) is 7.65. The van der Waals surface area contributed by atoms with Crippen LogP contribution in [0.25, 0.3) is 44.2 Å². The van der Waals surface area contributed by atoms with Crippen LogP contribution in [0.4, 0.5) is 17.1 Å². The summed E-state index contributed by atoms with van der Waals surface area (Å²) in [5, 5.41) is 2.51. The van der Waals surface area contributed by atoms with E-state index in [0.717, 1.165) is 17.1 Å². The van der Waals surface area contributed by atoms with E-state index in [-0.39, 0.29) is 0 Å². The van der Waals surface area contributed by atoms with Crippen LogP contribution in [0.15, 0.2) is 176 Å². The van der Waals surface area contributed by atoms with Crippen LogP contribution in [0.3, 0.4) is 0 Å². The molecule has 0 saturated heterocycles. The average Bonchev–Trinajstić information content (AvgIpc) is 3.06. The largest absolute Gasteiger partial charge is 0.310 e. The highest BCUT2D eigenvalue weighted by Crippen LogP contribution is 2.39. The predicted molar refractivity (Wildman–Crippen MR) is 175 cm³/mol. The fraction of sp³-hybridized carbons (Fsp3) is 0. The zero-order chi connectivity index (χ0) is 27.4. The zero-order valence-electron chi connectivity index (χ0n) is 22.7. The van der Waals surface area contributed by atoms with Gasteiger partial charge in [-0.3, -0.25) is 0 Å². The summed E-state index contributed by atoms with van der Waals surface area (Å²) < 4.78 is 0. The van der Waals surface area contributed by atoms with E-state index in [1.165, 1.54) is 44.2 Å². The lowest BCUT2D eigenvalue weighted by molar-refractivity contribution is 1.28. The first-order valence-corrected chi connectivity index (χ1v) is 14.0. The molecule has 0 aliphatic carbocycles. The molecule has 1 nitrogen and oxygen atoms in total. The van der Waals surface area contributed by atoms with Crippen LogP contribution in [-0.4, -0.2) is 0 Å². The standard InChI is InChI=1S/C40H29N/c1-3-12-30(13-4-1)31-24-26-32(27-25-31)34-16-9-20-37(28-34)41(36-18-5-2-6-19-36)38-21-10-17-35(29-38)40-23-11-15-33-14-7-8-22-39(33)40/h1-29H. The molecule has 7 aromatic rings. The van der Waals surface area contributed by atoms with Crippen molar-refractivity contribution in [3.63, 3.8) is 0 Å². The smallest absolute Gasteiger partial charge is 0.0467 e. The molecule has 0 fully saturated rings. The summed E-state index contributed by atoms with van der Waals surface area (Å²) >= 11 is 0. The molecule has 7 aromatic carbocycles. The normalized spacial score (nSPS) is 10.9. The maximum absolute atomic E-state index is 2.34. The molecule has 0 amide bonds. The molecule has 0 N–H and O–H groups in total. The second-order valence-electron chi connectivity index (χ2n) is 10.2. The molecule has 0 radical (unpaired) electrons. The van der Waals surface area contributed by atoms with E-state index in [1.807, 2.05) is 0 Å². The SMILES string of the molecule is c1ccc(-c2ccc(-c3cccc(N(c4ccccc4)c4cccc(-c5cccc6ccccc56)c4)c3)cc2)cc1. The predicted octanol–water partition coefficient (Wildman–Crippen LogP) is 11.3. The van der Waals surface area contributed by atoms with E-state index in [1.54, 1.807) is 0 Å². The quantitative estimate of drug-likeness (QED) is 0.209. The molecule has 7 rings (SSSR count). The van der Waals surface area contributed by atoms with E-state index in [2.05, 4.69) is 181 Å². The Morgan fingerprint density at radius 3 is 1.49 bits per heavy atom. The summed E-state index contributed by atoms with van der Waals surface area (Å²) in [5.41, 5.74) is 10.7. The molecule has 0 saturated carbocycles. The second-order valence-corrected chi connectivity index (χ2v) is 10.2. The van der Waals surface area contributed by atoms with Crippen LogP contribution < -0.4 is 4.90 Å². The lowest BCUT2D eigenvalue weighted by Gasteiger charge is -2.26. The van der Waals surface area contributed by atoms with Crippen molar-refractivity contribution in [1.29, 1.82) is 0 Å². The van der Waals surface area contributed by atoms with Crippen LogP contribution in [0.1, 0.15) is 0 Å². The van der Waals surface area contributed by atoms with E-state index < -0.39 is 0 Å². The molecule has 0 heterocycles. The van der Waals surface area contributed by atoms with Crippen molar-refractivity contribution in [2.24, 2.45) is 0 Å². The molecular formula is C40H29N. The highest BCUT2D eigenvalue weighted by molar-refractivity contribution is 5.97. The first-order valence-electron chi connectivity index (χ1n) is 14.0. The van der Waals surface area contributed by atoms with Crippen molar-refractivity contribution >= 4 is 27.8 Å². The van der Waals surface area contributed by atoms with Gasteiger partial charge in [0.1, 0.15) is 0 Å². The first-order chi connectivity index (χ1) is 20.3. The van der Waals surface area contributed by atoms with Crippen molar-refractivity contribution in [1.82, 2.24) is 0 Å². The van der Waals surface area contributed by atoms with E-state index in [9.17, 15) is 0 Å². The minimum atomic E-state index is 1.12. The monoisotopic (exact) mass is 523 g/mol. The topological polar surface area (TPSA) is 3.24 Å². The molecule has 0 aliphatic heterocycles. The highest BCUT2D eigenvalue weighted by atomic mass is 15.1. The lowest BCUT2D eigenvalue weighted by atomic mass is 9.97. The molecule has 0 aliphatic rings. The Morgan fingerprint density at radius 2 is 0.756 bits per heavy atom. The Kier molecular flexibility index (Phi) is 6.61. The Balaban J connectivity index is 1.30. The molecule has 194 valence electrons. The number of anilines is 3. The van der Waals surface area contributed by atoms with Gasteiger partial charge in [-0.15, -0.1) is 0 Å². The summed E-state index contributed by atoms with van der Waals surface area (Å²) in [6, 6.07) is 62.8. The third kappa shape index (κ3) is 5.02. The van der Waals surface area contributed by atoms with Crippen molar-refractivity contribution in [3.05, 3.63) is 176 Å². The fourth-order valence-electron chi connectivity index (χ4n) is 5.62. The van der Waals surface area contributed by atoms with Gasteiger partial charge in [0.2, 0.25) is 0 Å². The molecule has 0 bridgehead atoms. The number of nitrogens with zero attached hydrogens (tertiary/aromatic N) is 1. The number of rotatable bonds is 6. The number of benzene rings is 7. The Hall–Kier alpha value is -5.40. The van der Waals surface area contributed by atoms with Crippen LogP contribution >= 0.6 is 0 Å². The van der Waals surface area contributed by atoms with Gasteiger partial charge in [-0.1, -0.05) is 140 Å². The van der Waals surface area contributed by atoms with Gasteiger partial charge in [-0.05, 0) is 80.6 Å². The van der Waals surface area contributed by atoms with E-state index in [0.29, 0.717) is 0 Å². The van der Waals surface area contributed by atoms with Gasteiger partial charge in [0.05, 0.1) is 0 Å². The number of fused-ring (bicyclic) bond motifs is 1. The maximum atomic E-state index is 2.34. The molecule has 1 heteroatoms. The van der Waals surface area contributed by atoms with Gasteiger partial charge in [0, 0.05) is 17.1 Å². The number of para-hydroxylation sites is 1. The highest BCUT2D eigenvalue weighted by Gasteiger charge is 2.15. The van der Waals surface area contributed by atoms with E-state index >= 15 is 0 Å². The van der Waals surface area contributed by atoms with Crippen LogP contribution in [0.5, 0.6) is 0 Å². The van der Waals surface area contributed by atoms with Crippen molar-refractivity contribution in [3.8, 4) is 33.4 Å². The first kappa shape index (κ1) is 24.6. The molecule has 0 atom stereocenters. The van der Waals surface area contributed by atoms with Crippen molar-refractivity contribution in [2.75, 3.05) is 4.90 Å². The molecule has 0 aromatic heterocycles. The van der Waals surface area contributed by atoms with Gasteiger partial charge in [0.15, 0.2) is 0 Å². The van der Waals surface area contributed by atoms with Gasteiger partial charge in [-0.25, -0.2) is 0 Å². The summed E-state index contributed by atoms with van der Waals surface area (Å²) in [6.07, 6.45) is 0. The van der Waals surface area contributed by atoms with Crippen molar-refractivity contribution < 1.29 is 0 Å². The minimum Gasteiger partial charge on any atom is -0.310 e. The van der Waals surface area contributed by atoms with Gasteiger partial charge < -0.3 is 4.90 Å². The van der Waals surface area contributed by atoms with Gasteiger partial charge in [0.25, 0.3) is 0 Å². The maximum Gasteiger partial charge on any atom is 0.0467 e. The summed E-state index contributed by atoms with van der Waals surface area (Å²) in [7, 11) is 0. The second kappa shape index (κ2) is 11.0. The van der Waals surface area contributed by atoms with Crippen LogP contribution in [-0.2, 0) is 0 Å². The summed E-state index contributed by atoms with van der Waals surface area (Å²) in [4.78, 5) is 2.34. The summed E-state index contributed by atoms with van der Waals surface area (Å²) in [6.45, 7) is 0. The van der Waals surface area contributed by atoms with Gasteiger partial charge >= 0.3 is 0 Å². The third-order valence-corrected chi connectivity index (χ3v) is 7.65. The molecular weight excluding hydrogens is 494 g/mol. The Morgan fingerprint density at radius 1 is 0.293 bits per heavy atom. The Labute approximate surface area is 241 Å². The van der Waals surface area contributed by atoms with E-state index in [4.69, 9.17) is 0 Å². The van der Waals surface area contributed by atoms with Crippen LogP contribution in [0, 0.1) is 0 Å². The fourth-order valence-corrected chi connectivity index (χ4v) is 5.62. The molecule has 0 unspecified atom stereocenters. The number of hydrogen-bond acceptors (Lipinski definition) is 1. The molecule has 0 spiro atoms. The van der Waals surface area contributed by atoms with Gasteiger partial charge in [-0.2, -0.15) is 0 Å². The average molecular weight is 524 g/mol. The zero-order valence-corrected chi connectivity index (χ0v) is 22.7.